The second-order valence-corrected chi connectivity index (χ2v) is 5.67. The molecule has 1 aromatic rings. The lowest BCUT2D eigenvalue weighted by molar-refractivity contribution is 0.0514. The Bertz CT molecular complexity index is 532. The van der Waals surface area contributed by atoms with Crippen LogP contribution in [0.2, 0.25) is 0 Å². The van der Waals surface area contributed by atoms with Crippen LogP contribution in [0.1, 0.15) is 42.0 Å². The summed E-state index contributed by atoms with van der Waals surface area (Å²) in [5, 5.41) is 7.15. The number of nitrogens with zero attached hydrogens (tertiary/aromatic N) is 1. The first-order chi connectivity index (χ1) is 8.55. The molecule has 0 spiro atoms. The van der Waals surface area contributed by atoms with Crippen LogP contribution in [0.15, 0.2) is 12.2 Å². The number of H-pyrrole nitrogens is 1. The number of carbonyl (C=O) groups is 1. The van der Waals surface area contributed by atoms with E-state index in [2.05, 4.69) is 23.7 Å². The molecule has 1 heterocycles. The van der Waals surface area contributed by atoms with Crippen LogP contribution in [0, 0.1) is 11.3 Å². The third-order valence-corrected chi connectivity index (χ3v) is 4.38. The number of fused-ring (bicyclic) bond motifs is 2. The Kier molecular flexibility index (Phi) is 2.37. The van der Waals surface area contributed by atoms with Gasteiger partial charge in [-0.2, -0.15) is 5.10 Å². The van der Waals surface area contributed by atoms with Gasteiger partial charge in [0, 0.05) is 11.3 Å². The highest BCUT2D eigenvalue weighted by molar-refractivity contribution is 5.89. The van der Waals surface area contributed by atoms with E-state index in [0.717, 1.165) is 30.5 Å². The van der Waals surface area contributed by atoms with Crippen LogP contribution in [0.5, 0.6) is 0 Å². The molecule has 1 saturated carbocycles. The smallest absolute Gasteiger partial charge is 0.359 e. The summed E-state index contributed by atoms with van der Waals surface area (Å²) in [6.45, 7) is 8.59. The molecule has 0 aromatic carbocycles. The lowest BCUT2D eigenvalue weighted by Gasteiger charge is -2.52. The summed E-state index contributed by atoms with van der Waals surface area (Å²) in [5.41, 5.74) is 4.22. The Morgan fingerprint density at radius 1 is 1.61 bits per heavy atom. The summed E-state index contributed by atoms with van der Waals surface area (Å²) in [5.74, 6) is 0.180. The molecule has 0 bridgehead atoms. The predicted octanol–water partition coefficient (Wildman–Crippen LogP) is 2.27. The van der Waals surface area contributed by atoms with Crippen LogP contribution < -0.4 is 0 Å². The molecule has 2 aliphatic rings. The Balaban J connectivity index is 1.94. The zero-order chi connectivity index (χ0) is 12.9. The fourth-order valence-corrected chi connectivity index (χ4v) is 3.45. The number of rotatable bonds is 2. The van der Waals surface area contributed by atoms with Gasteiger partial charge in [-0.3, -0.25) is 5.10 Å². The molecular formula is C14H18N2O2. The topological polar surface area (TPSA) is 55.0 Å². The maximum atomic E-state index is 11.8. The quantitative estimate of drug-likeness (QED) is 0.643. The predicted molar refractivity (Wildman–Crippen MR) is 67.3 cm³/mol. The number of hydrogen-bond acceptors (Lipinski definition) is 3. The van der Waals surface area contributed by atoms with Crippen LogP contribution in [-0.2, 0) is 17.6 Å². The van der Waals surface area contributed by atoms with Gasteiger partial charge in [0.15, 0.2) is 5.69 Å². The largest absolute Gasteiger partial charge is 0.461 e. The molecule has 2 aliphatic carbocycles. The first-order valence-corrected chi connectivity index (χ1v) is 6.46. The fraction of sp³-hybridized carbons (Fsp3) is 0.571. The molecule has 0 aliphatic heterocycles. The third-order valence-electron chi connectivity index (χ3n) is 4.38. The molecule has 0 saturated heterocycles. The van der Waals surface area contributed by atoms with Gasteiger partial charge in [0.05, 0.1) is 6.61 Å². The summed E-state index contributed by atoms with van der Waals surface area (Å²) in [6.07, 6.45) is 2.92. The van der Waals surface area contributed by atoms with Crippen LogP contribution in [0.3, 0.4) is 0 Å². The van der Waals surface area contributed by atoms with Crippen molar-refractivity contribution in [3.05, 3.63) is 29.1 Å². The summed E-state index contributed by atoms with van der Waals surface area (Å²) in [6, 6.07) is 0. The van der Waals surface area contributed by atoms with Gasteiger partial charge in [0.2, 0.25) is 0 Å². The normalized spacial score (nSPS) is 29.2. The molecule has 4 nitrogen and oxygen atoms in total. The Morgan fingerprint density at radius 3 is 3.06 bits per heavy atom. The molecule has 0 radical (unpaired) electrons. The van der Waals surface area contributed by atoms with E-state index in [1.165, 1.54) is 5.57 Å². The summed E-state index contributed by atoms with van der Waals surface area (Å²) >= 11 is 0. The molecule has 4 heteroatoms. The first kappa shape index (κ1) is 11.5. The molecule has 18 heavy (non-hydrogen) atoms. The summed E-state index contributed by atoms with van der Waals surface area (Å²) in [7, 11) is 0. The van der Waals surface area contributed by atoms with Crippen molar-refractivity contribution in [3.63, 3.8) is 0 Å². The van der Waals surface area contributed by atoms with E-state index >= 15 is 0 Å². The van der Waals surface area contributed by atoms with E-state index in [1.807, 2.05) is 6.92 Å². The Hall–Kier alpha value is -1.58. The third kappa shape index (κ3) is 1.44. The molecule has 1 fully saturated rings. The van der Waals surface area contributed by atoms with Crippen molar-refractivity contribution in [3.8, 4) is 0 Å². The average molecular weight is 246 g/mol. The molecule has 1 aromatic heterocycles. The number of allylic oxidation sites excluding steroid dienone is 1. The van der Waals surface area contributed by atoms with Crippen LogP contribution >= 0.6 is 0 Å². The van der Waals surface area contributed by atoms with Crippen molar-refractivity contribution >= 4 is 5.97 Å². The number of aromatic amines is 1. The van der Waals surface area contributed by atoms with Gasteiger partial charge in [-0.1, -0.05) is 19.1 Å². The zero-order valence-corrected chi connectivity index (χ0v) is 10.9. The minimum Gasteiger partial charge on any atom is -0.461 e. The molecule has 2 atom stereocenters. The Labute approximate surface area is 106 Å². The molecule has 1 N–H and O–H groups in total. The van der Waals surface area contributed by atoms with Gasteiger partial charge in [0.25, 0.3) is 0 Å². The second-order valence-electron chi connectivity index (χ2n) is 5.67. The van der Waals surface area contributed by atoms with Crippen molar-refractivity contribution < 1.29 is 9.53 Å². The van der Waals surface area contributed by atoms with E-state index in [4.69, 9.17) is 4.74 Å². The number of ether oxygens (including phenoxy) is 1. The maximum absolute atomic E-state index is 11.8. The van der Waals surface area contributed by atoms with Crippen LogP contribution in [0.4, 0.5) is 0 Å². The van der Waals surface area contributed by atoms with E-state index in [9.17, 15) is 4.79 Å². The number of carbonyl (C=O) groups excluding carboxylic acids is 1. The minimum absolute atomic E-state index is 0.308. The lowest BCUT2D eigenvalue weighted by atomic mass is 9.52. The Morgan fingerprint density at radius 2 is 2.39 bits per heavy atom. The minimum atomic E-state index is -0.316. The van der Waals surface area contributed by atoms with Crippen molar-refractivity contribution in [2.75, 3.05) is 6.61 Å². The van der Waals surface area contributed by atoms with E-state index in [-0.39, 0.29) is 5.97 Å². The van der Waals surface area contributed by atoms with Crippen molar-refractivity contribution in [1.82, 2.24) is 10.2 Å². The first-order valence-electron chi connectivity index (χ1n) is 6.46. The average Bonchev–Trinajstić information content (AvgIpc) is 2.69. The van der Waals surface area contributed by atoms with Crippen LogP contribution in [-0.4, -0.2) is 22.8 Å². The maximum Gasteiger partial charge on any atom is 0.359 e. The van der Waals surface area contributed by atoms with E-state index in [0.29, 0.717) is 23.6 Å². The van der Waals surface area contributed by atoms with Crippen molar-refractivity contribution in [2.45, 2.75) is 33.1 Å². The number of nitrogens with one attached hydrogen (secondary N) is 1. The number of esters is 1. The van der Waals surface area contributed by atoms with Gasteiger partial charge in [-0.25, -0.2) is 4.79 Å². The lowest BCUT2D eigenvalue weighted by Crippen LogP contribution is -2.45. The molecular weight excluding hydrogens is 228 g/mol. The zero-order valence-electron chi connectivity index (χ0n) is 10.9. The SMILES string of the molecule is C=C1C[C@@]2(C)Cc3[nH]nc(C(=O)OCC)c3C[C@@H]12. The van der Waals surface area contributed by atoms with Crippen LogP contribution in [0.25, 0.3) is 0 Å². The molecule has 3 rings (SSSR count). The summed E-state index contributed by atoms with van der Waals surface area (Å²) in [4.78, 5) is 11.8. The second kappa shape index (κ2) is 3.70. The van der Waals surface area contributed by atoms with Gasteiger partial charge >= 0.3 is 5.97 Å². The standard InChI is InChI=1S/C14H18N2O2/c1-4-18-13(17)12-9-5-10-8(2)6-14(10,3)7-11(9)15-16-12/h10H,2,4-7H2,1,3H3,(H,15,16)/t10-,14-/m0/s1. The summed E-state index contributed by atoms with van der Waals surface area (Å²) < 4.78 is 5.04. The molecule has 0 unspecified atom stereocenters. The van der Waals surface area contributed by atoms with Crippen molar-refractivity contribution in [1.29, 1.82) is 0 Å². The number of hydrogen-bond donors (Lipinski definition) is 1. The monoisotopic (exact) mass is 246 g/mol. The van der Waals surface area contributed by atoms with Crippen molar-refractivity contribution in [2.24, 2.45) is 11.3 Å². The molecule has 96 valence electrons. The number of aromatic nitrogens is 2. The van der Waals surface area contributed by atoms with Gasteiger partial charge in [0.1, 0.15) is 0 Å². The highest BCUT2D eigenvalue weighted by Gasteiger charge is 2.49. The van der Waals surface area contributed by atoms with Gasteiger partial charge in [-0.15, -0.1) is 0 Å². The highest BCUT2D eigenvalue weighted by Crippen LogP contribution is 2.56. The molecule has 0 amide bonds. The fourth-order valence-electron chi connectivity index (χ4n) is 3.45. The highest BCUT2D eigenvalue weighted by atomic mass is 16.5. The van der Waals surface area contributed by atoms with E-state index < -0.39 is 0 Å². The van der Waals surface area contributed by atoms with Gasteiger partial charge in [-0.05, 0) is 37.5 Å². The van der Waals surface area contributed by atoms with E-state index in [1.54, 1.807) is 0 Å². The van der Waals surface area contributed by atoms with Gasteiger partial charge < -0.3 is 4.74 Å².